The van der Waals surface area contributed by atoms with E-state index in [0.717, 1.165) is 11.1 Å². The maximum atomic E-state index is 12.3. The zero-order valence-electron chi connectivity index (χ0n) is 16.3. The first-order valence-electron chi connectivity index (χ1n) is 9.21. The molecule has 6 heteroatoms. The summed E-state index contributed by atoms with van der Waals surface area (Å²) in [7, 11) is 0. The van der Waals surface area contributed by atoms with Crippen LogP contribution >= 0.6 is 11.6 Å². The lowest BCUT2D eigenvalue weighted by Crippen LogP contribution is -2.27. The molecule has 30 heavy (non-hydrogen) atoms. The lowest BCUT2D eigenvalue weighted by molar-refractivity contribution is -0.132. The molecule has 0 atom stereocenters. The molecule has 3 aromatic rings. The number of nitrogens with one attached hydrogen (secondary N) is 1. The quantitative estimate of drug-likeness (QED) is 0.521. The molecule has 0 saturated heterocycles. The Morgan fingerprint density at radius 3 is 2.43 bits per heavy atom. The van der Waals surface area contributed by atoms with Crippen molar-refractivity contribution in [3.8, 4) is 5.75 Å². The average Bonchev–Trinajstić information content (AvgIpc) is 2.73. The average molecular weight is 422 g/mol. The van der Waals surface area contributed by atoms with Crippen LogP contribution in [0.3, 0.4) is 0 Å². The summed E-state index contributed by atoms with van der Waals surface area (Å²) < 4.78 is 5.77. The van der Waals surface area contributed by atoms with Gasteiger partial charge < -0.3 is 15.2 Å². The highest BCUT2D eigenvalue weighted by molar-refractivity contribution is 6.34. The number of amides is 1. The summed E-state index contributed by atoms with van der Waals surface area (Å²) in [6.07, 6.45) is 1.38. The minimum Gasteiger partial charge on any atom is -0.489 e. The number of aliphatic carboxylic acids is 1. The number of carbonyl (C=O) groups is 2. The number of carboxylic acids is 1. The lowest BCUT2D eigenvalue weighted by Gasteiger charge is -2.09. The Balaban J connectivity index is 1.69. The van der Waals surface area contributed by atoms with Crippen molar-refractivity contribution in [3.63, 3.8) is 0 Å². The van der Waals surface area contributed by atoms with Crippen LogP contribution in [-0.2, 0) is 11.4 Å². The van der Waals surface area contributed by atoms with Crippen molar-refractivity contribution < 1.29 is 19.4 Å². The molecule has 0 aromatic heterocycles. The van der Waals surface area contributed by atoms with Gasteiger partial charge in [-0.3, -0.25) is 4.79 Å². The highest BCUT2D eigenvalue weighted by atomic mass is 35.5. The maximum absolute atomic E-state index is 12.3. The van der Waals surface area contributed by atoms with E-state index in [1.807, 2.05) is 25.1 Å². The summed E-state index contributed by atoms with van der Waals surface area (Å²) in [5.41, 5.74) is 2.78. The third-order valence-corrected chi connectivity index (χ3v) is 4.61. The summed E-state index contributed by atoms with van der Waals surface area (Å²) in [6, 6.07) is 21.4. The van der Waals surface area contributed by atoms with Gasteiger partial charge in [-0.2, -0.15) is 0 Å². The zero-order valence-corrected chi connectivity index (χ0v) is 17.0. The fraction of sp³-hybridized carbons (Fsp3) is 0.0833. The zero-order chi connectivity index (χ0) is 21.5. The highest BCUT2D eigenvalue weighted by Gasteiger charge is 2.15. The molecule has 3 aromatic carbocycles. The second-order valence-electron chi connectivity index (χ2n) is 6.64. The number of ether oxygens (including phenoxy) is 1. The molecule has 0 aliphatic heterocycles. The topological polar surface area (TPSA) is 75.6 Å². The molecule has 0 aliphatic carbocycles. The third-order valence-electron chi connectivity index (χ3n) is 4.28. The van der Waals surface area contributed by atoms with Crippen molar-refractivity contribution in [2.75, 3.05) is 0 Å². The van der Waals surface area contributed by atoms with Crippen LogP contribution in [0.1, 0.15) is 27.0 Å². The summed E-state index contributed by atoms with van der Waals surface area (Å²) in [6.45, 7) is 2.46. The van der Waals surface area contributed by atoms with Gasteiger partial charge in [0, 0.05) is 0 Å². The van der Waals surface area contributed by atoms with Crippen LogP contribution in [-0.4, -0.2) is 17.0 Å². The first-order valence-corrected chi connectivity index (χ1v) is 9.59. The molecule has 2 N–H and O–H groups in total. The van der Waals surface area contributed by atoms with Crippen LogP contribution in [0.2, 0.25) is 5.02 Å². The summed E-state index contributed by atoms with van der Waals surface area (Å²) in [4.78, 5) is 23.9. The van der Waals surface area contributed by atoms with E-state index in [-0.39, 0.29) is 16.3 Å². The minimum atomic E-state index is -1.25. The molecule has 0 bridgehead atoms. The van der Waals surface area contributed by atoms with Crippen molar-refractivity contribution >= 4 is 29.6 Å². The molecular weight excluding hydrogens is 402 g/mol. The maximum Gasteiger partial charge on any atom is 0.352 e. The van der Waals surface area contributed by atoms with Gasteiger partial charge in [-0.25, -0.2) is 4.79 Å². The van der Waals surface area contributed by atoms with Gasteiger partial charge in [0.25, 0.3) is 5.91 Å². The number of aryl methyl sites for hydroxylation is 1. The molecule has 3 rings (SSSR count). The number of benzene rings is 3. The molecule has 0 aliphatic rings. The smallest absolute Gasteiger partial charge is 0.352 e. The Morgan fingerprint density at radius 1 is 1.03 bits per heavy atom. The van der Waals surface area contributed by atoms with Crippen molar-refractivity contribution in [2.24, 2.45) is 0 Å². The summed E-state index contributed by atoms with van der Waals surface area (Å²) in [5, 5.41) is 12.1. The molecule has 0 fully saturated rings. The fourth-order valence-corrected chi connectivity index (χ4v) is 3.00. The number of hydrogen-bond donors (Lipinski definition) is 2. The molecule has 152 valence electrons. The molecule has 0 radical (unpaired) electrons. The van der Waals surface area contributed by atoms with Crippen LogP contribution in [0.15, 0.2) is 78.5 Å². The van der Waals surface area contributed by atoms with E-state index in [1.165, 1.54) is 12.1 Å². The van der Waals surface area contributed by atoms with Crippen LogP contribution in [0.4, 0.5) is 0 Å². The number of halogens is 1. The number of carbonyl (C=O) groups excluding carboxylic acids is 1. The molecular formula is C24H20ClNO4. The molecule has 0 spiro atoms. The molecule has 0 saturated carbocycles. The van der Waals surface area contributed by atoms with Gasteiger partial charge in [-0.05, 0) is 48.4 Å². The van der Waals surface area contributed by atoms with Gasteiger partial charge in [-0.1, -0.05) is 65.7 Å². The predicted molar refractivity (Wildman–Crippen MR) is 116 cm³/mol. The van der Waals surface area contributed by atoms with Crippen LogP contribution in [0.25, 0.3) is 6.08 Å². The van der Waals surface area contributed by atoms with Crippen molar-refractivity contribution in [3.05, 3.63) is 106 Å². The predicted octanol–water partition coefficient (Wildman–Crippen LogP) is 5.08. The van der Waals surface area contributed by atoms with Crippen LogP contribution in [0, 0.1) is 6.92 Å². The Morgan fingerprint density at radius 2 is 1.77 bits per heavy atom. The van der Waals surface area contributed by atoms with Gasteiger partial charge in [0.1, 0.15) is 18.1 Å². The van der Waals surface area contributed by atoms with Crippen molar-refractivity contribution in [2.45, 2.75) is 13.5 Å². The molecule has 5 nitrogen and oxygen atoms in total. The Hall–Kier alpha value is -3.57. The molecule has 1 amide bonds. The monoisotopic (exact) mass is 421 g/mol. The van der Waals surface area contributed by atoms with E-state index in [4.69, 9.17) is 16.3 Å². The van der Waals surface area contributed by atoms with Crippen LogP contribution in [0.5, 0.6) is 5.75 Å². The number of hydrogen-bond acceptors (Lipinski definition) is 3. The Bertz CT molecular complexity index is 1090. The standard InChI is InChI=1S/C24H20ClNO4/c1-16-5-4-6-18(13-16)15-30-19-11-9-17(10-12-19)14-22(24(28)29)26-23(27)20-7-2-3-8-21(20)25/h2-14H,15H2,1H3,(H,26,27)(H,28,29). The van der Waals surface area contributed by atoms with E-state index in [1.54, 1.807) is 42.5 Å². The summed E-state index contributed by atoms with van der Waals surface area (Å²) >= 11 is 6.00. The second-order valence-corrected chi connectivity index (χ2v) is 7.05. The normalized spacial score (nSPS) is 11.1. The molecule has 0 heterocycles. The second kappa shape index (κ2) is 9.76. The lowest BCUT2D eigenvalue weighted by atomic mass is 10.1. The van der Waals surface area contributed by atoms with E-state index in [0.29, 0.717) is 17.9 Å². The summed E-state index contributed by atoms with van der Waals surface area (Å²) in [5.74, 6) is -1.19. The van der Waals surface area contributed by atoms with Crippen LogP contribution < -0.4 is 10.1 Å². The van der Waals surface area contributed by atoms with E-state index in [9.17, 15) is 14.7 Å². The first-order chi connectivity index (χ1) is 14.4. The van der Waals surface area contributed by atoms with E-state index >= 15 is 0 Å². The highest BCUT2D eigenvalue weighted by Crippen LogP contribution is 2.18. The fourth-order valence-electron chi connectivity index (χ4n) is 2.78. The van der Waals surface area contributed by atoms with Crippen molar-refractivity contribution in [1.29, 1.82) is 0 Å². The SMILES string of the molecule is Cc1cccc(COc2ccc(C=C(NC(=O)c3ccccc3Cl)C(=O)O)cc2)c1. The number of rotatable bonds is 7. The number of carboxylic acid groups (broad SMARTS) is 1. The largest absolute Gasteiger partial charge is 0.489 e. The van der Waals surface area contributed by atoms with E-state index in [2.05, 4.69) is 11.4 Å². The van der Waals surface area contributed by atoms with Gasteiger partial charge in [0.2, 0.25) is 0 Å². The Kier molecular flexibility index (Phi) is 6.88. The minimum absolute atomic E-state index is 0.200. The van der Waals surface area contributed by atoms with Gasteiger partial charge in [0.05, 0.1) is 10.6 Å². The third kappa shape index (κ3) is 5.72. The van der Waals surface area contributed by atoms with Crippen molar-refractivity contribution in [1.82, 2.24) is 5.32 Å². The van der Waals surface area contributed by atoms with E-state index < -0.39 is 11.9 Å². The van der Waals surface area contributed by atoms with Gasteiger partial charge in [-0.15, -0.1) is 0 Å². The first kappa shape index (κ1) is 21.1. The van der Waals surface area contributed by atoms with Gasteiger partial charge in [0.15, 0.2) is 0 Å². The molecule has 0 unspecified atom stereocenters. The van der Waals surface area contributed by atoms with Gasteiger partial charge >= 0.3 is 5.97 Å². The Labute approximate surface area is 179 Å².